The van der Waals surface area contributed by atoms with Gasteiger partial charge >= 0.3 is 5.97 Å². The molecule has 2 N–H and O–H groups in total. The Kier molecular flexibility index (Phi) is 4.20. The molecule has 1 heterocycles. The van der Waals surface area contributed by atoms with Crippen LogP contribution in [-0.4, -0.2) is 23.0 Å². The van der Waals surface area contributed by atoms with Crippen LogP contribution >= 0.6 is 0 Å². The summed E-state index contributed by atoms with van der Waals surface area (Å²) >= 11 is 0. The van der Waals surface area contributed by atoms with E-state index in [9.17, 15) is 9.59 Å². The zero-order valence-electron chi connectivity index (χ0n) is 11.3. The minimum atomic E-state index is -0.407. The summed E-state index contributed by atoms with van der Waals surface area (Å²) in [6, 6.07) is 10.1. The van der Waals surface area contributed by atoms with E-state index in [4.69, 9.17) is 4.74 Å². The lowest BCUT2D eigenvalue weighted by atomic mass is 10.2. The van der Waals surface area contributed by atoms with Crippen molar-refractivity contribution in [2.75, 3.05) is 5.32 Å². The van der Waals surface area contributed by atoms with Crippen molar-refractivity contribution in [3.8, 4) is 0 Å². The number of carbonyl (C=O) groups excluding carboxylic acids is 2. The second kappa shape index (κ2) is 6.06. The highest BCUT2D eigenvalue weighted by Crippen LogP contribution is 2.13. The number of esters is 1. The van der Waals surface area contributed by atoms with Crippen LogP contribution in [0, 0.1) is 0 Å². The molecule has 1 aromatic carbocycles. The van der Waals surface area contributed by atoms with Gasteiger partial charge < -0.3 is 15.0 Å². The first-order chi connectivity index (χ1) is 9.56. The summed E-state index contributed by atoms with van der Waals surface area (Å²) < 4.78 is 5.11. The second-order valence-corrected chi connectivity index (χ2v) is 4.57. The SMILES string of the molecule is CC(C)OC(=O)c1cccc(NC(=O)c2ccc[nH]2)c1. The zero-order valence-corrected chi connectivity index (χ0v) is 11.3. The predicted octanol–water partition coefficient (Wildman–Crippen LogP) is 2.83. The minimum Gasteiger partial charge on any atom is -0.459 e. The van der Waals surface area contributed by atoms with Gasteiger partial charge in [-0.2, -0.15) is 0 Å². The van der Waals surface area contributed by atoms with Gasteiger partial charge in [-0.1, -0.05) is 6.07 Å². The van der Waals surface area contributed by atoms with Crippen LogP contribution in [0.2, 0.25) is 0 Å². The number of aromatic amines is 1. The molecule has 2 aromatic rings. The van der Waals surface area contributed by atoms with Crippen LogP contribution in [0.1, 0.15) is 34.7 Å². The first-order valence-corrected chi connectivity index (χ1v) is 6.32. The Bertz CT molecular complexity index is 603. The van der Waals surface area contributed by atoms with Crippen molar-refractivity contribution in [2.45, 2.75) is 20.0 Å². The lowest BCUT2D eigenvalue weighted by molar-refractivity contribution is 0.0378. The topological polar surface area (TPSA) is 71.2 Å². The molecule has 0 radical (unpaired) electrons. The normalized spacial score (nSPS) is 10.3. The maximum Gasteiger partial charge on any atom is 0.338 e. The van der Waals surface area contributed by atoms with Crippen molar-refractivity contribution in [3.05, 3.63) is 53.9 Å². The van der Waals surface area contributed by atoms with E-state index in [1.807, 2.05) is 0 Å². The number of hydrogen-bond acceptors (Lipinski definition) is 3. The Hall–Kier alpha value is -2.56. The molecule has 104 valence electrons. The van der Waals surface area contributed by atoms with Gasteiger partial charge in [-0.05, 0) is 44.2 Å². The molecule has 0 aliphatic rings. The highest BCUT2D eigenvalue weighted by Gasteiger charge is 2.11. The highest BCUT2D eigenvalue weighted by atomic mass is 16.5. The Labute approximate surface area is 117 Å². The van der Waals surface area contributed by atoms with E-state index in [1.165, 1.54) is 0 Å². The molecule has 0 aliphatic carbocycles. The molecule has 0 atom stereocenters. The molecule has 2 rings (SSSR count). The van der Waals surface area contributed by atoms with Crippen molar-refractivity contribution >= 4 is 17.6 Å². The fourth-order valence-electron chi connectivity index (χ4n) is 1.68. The number of benzene rings is 1. The number of amides is 1. The molecule has 20 heavy (non-hydrogen) atoms. The van der Waals surface area contributed by atoms with Gasteiger partial charge in [-0.3, -0.25) is 4.79 Å². The molecular weight excluding hydrogens is 256 g/mol. The van der Waals surface area contributed by atoms with Gasteiger partial charge in [0.1, 0.15) is 5.69 Å². The first-order valence-electron chi connectivity index (χ1n) is 6.32. The fraction of sp³-hybridized carbons (Fsp3) is 0.200. The van der Waals surface area contributed by atoms with E-state index < -0.39 is 5.97 Å². The van der Waals surface area contributed by atoms with Crippen LogP contribution < -0.4 is 5.32 Å². The maximum absolute atomic E-state index is 11.9. The van der Waals surface area contributed by atoms with Crippen LogP contribution in [0.25, 0.3) is 0 Å². The van der Waals surface area contributed by atoms with Gasteiger partial charge in [-0.15, -0.1) is 0 Å². The van der Waals surface area contributed by atoms with Gasteiger partial charge in [0, 0.05) is 11.9 Å². The van der Waals surface area contributed by atoms with Crippen LogP contribution in [0.4, 0.5) is 5.69 Å². The average molecular weight is 272 g/mol. The minimum absolute atomic E-state index is 0.181. The molecule has 0 unspecified atom stereocenters. The van der Waals surface area contributed by atoms with Crippen molar-refractivity contribution in [3.63, 3.8) is 0 Å². The Morgan fingerprint density at radius 2 is 2.00 bits per heavy atom. The summed E-state index contributed by atoms with van der Waals surface area (Å²) in [5.74, 6) is -0.666. The van der Waals surface area contributed by atoms with E-state index >= 15 is 0 Å². The van der Waals surface area contributed by atoms with Crippen molar-refractivity contribution in [1.82, 2.24) is 4.98 Å². The Balaban J connectivity index is 2.10. The second-order valence-electron chi connectivity index (χ2n) is 4.57. The number of H-pyrrole nitrogens is 1. The van der Waals surface area contributed by atoms with Gasteiger partial charge in [0.25, 0.3) is 5.91 Å². The van der Waals surface area contributed by atoms with Crippen LogP contribution in [0.5, 0.6) is 0 Å². The third kappa shape index (κ3) is 3.47. The molecule has 1 amide bonds. The van der Waals surface area contributed by atoms with Crippen molar-refractivity contribution < 1.29 is 14.3 Å². The number of carbonyl (C=O) groups is 2. The molecule has 0 spiro atoms. The molecule has 0 fully saturated rings. The summed E-state index contributed by atoms with van der Waals surface area (Å²) in [5, 5.41) is 2.71. The van der Waals surface area contributed by atoms with Crippen LogP contribution in [0.3, 0.4) is 0 Å². The van der Waals surface area contributed by atoms with Gasteiger partial charge in [0.2, 0.25) is 0 Å². The van der Waals surface area contributed by atoms with E-state index in [2.05, 4.69) is 10.3 Å². The van der Waals surface area contributed by atoms with E-state index in [1.54, 1.807) is 56.4 Å². The zero-order chi connectivity index (χ0) is 14.5. The molecule has 0 aliphatic heterocycles. The monoisotopic (exact) mass is 272 g/mol. The summed E-state index contributed by atoms with van der Waals surface area (Å²) in [6.07, 6.45) is 1.49. The smallest absolute Gasteiger partial charge is 0.338 e. The van der Waals surface area contributed by atoms with Gasteiger partial charge in [-0.25, -0.2) is 4.79 Å². The summed E-state index contributed by atoms with van der Waals surface area (Å²) in [7, 11) is 0. The third-order valence-electron chi connectivity index (χ3n) is 2.54. The molecule has 1 aromatic heterocycles. The van der Waals surface area contributed by atoms with Crippen LogP contribution in [-0.2, 0) is 4.74 Å². The van der Waals surface area contributed by atoms with Crippen molar-refractivity contribution in [1.29, 1.82) is 0 Å². The van der Waals surface area contributed by atoms with Crippen LogP contribution in [0.15, 0.2) is 42.6 Å². The van der Waals surface area contributed by atoms with E-state index in [-0.39, 0.29) is 12.0 Å². The Morgan fingerprint density at radius 3 is 2.65 bits per heavy atom. The van der Waals surface area contributed by atoms with E-state index in [0.29, 0.717) is 16.9 Å². The molecule has 0 bridgehead atoms. The molecule has 0 saturated carbocycles. The number of rotatable bonds is 4. The quantitative estimate of drug-likeness (QED) is 0.841. The van der Waals surface area contributed by atoms with Crippen molar-refractivity contribution in [2.24, 2.45) is 0 Å². The standard InChI is InChI=1S/C15H16N2O3/c1-10(2)20-15(19)11-5-3-6-12(9-11)17-14(18)13-7-4-8-16-13/h3-10,16H,1-2H3,(H,17,18). The average Bonchev–Trinajstić information content (AvgIpc) is 2.92. The molecule has 5 nitrogen and oxygen atoms in total. The highest BCUT2D eigenvalue weighted by molar-refractivity contribution is 6.03. The number of hydrogen-bond donors (Lipinski definition) is 2. The number of ether oxygens (including phenoxy) is 1. The molecule has 0 saturated heterocycles. The fourth-order valence-corrected chi connectivity index (χ4v) is 1.68. The first kappa shape index (κ1) is 13.9. The lowest BCUT2D eigenvalue weighted by Gasteiger charge is -2.09. The van der Waals surface area contributed by atoms with E-state index in [0.717, 1.165) is 0 Å². The predicted molar refractivity (Wildman–Crippen MR) is 75.7 cm³/mol. The molecule has 5 heteroatoms. The Morgan fingerprint density at radius 1 is 1.20 bits per heavy atom. The summed E-state index contributed by atoms with van der Waals surface area (Å²) in [4.78, 5) is 26.5. The number of aromatic nitrogens is 1. The third-order valence-corrected chi connectivity index (χ3v) is 2.54. The lowest BCUT2D eigenvalue weighted by Crippen LogP contribution is -2.14. The summed E-state index contributed by atoms with van der Waals surface area (Å²) in [6.45, 7) is 3.57. The van der Waals surface area contributed by atoms with Gasteiger partial charge in [0.05, 0.1) is 11.7 Å². The number of anilines is 1. The summed E-state index contributed by atoms with van der Waals surface area (Å²) in [5.41, 5.74) is 1.41. The molecular formula is C15H16N2O3. The maximum atomic E-state index is 11.9. The van der Waals surface area contributed by atoms with Gasteiger partial charge in [0.15, 0.2) is 0 Å². The largest absolute Gasteiger partial charge is 0.459 e. The number of nitrogens with one attached hydrogen (secondary N) is 2.